The van der Waals surface area contributed by atoms with Crippen LogP contribution in [0, 0.1) is 0 Å². The molecule has 0 aliphatic carbocycles. The Hall–Kier alpha value is -2.24. The van der Waals surface area contributed by atoms with Crippen molar-refractivity contribution < 1.29 is 19.1 Å². The van der Waals surface area contributed by atoms with E-state index >= 15 is 0 Å². The van der Waals surface area contributed by atoms with Crippen molar-refractivity contribution in [3.8, 4) is 5.75 Å². The monoisotopic (exact) mass is 322 g/mol. The van der Waals surface area contributed by atoms with Crippen LogP contribution in [0.1, 0.15) is 33.6 Å². The number of nitrogens with one attached hydrogen (secondary N) is 1. The number of anilines is 1. The van der Waals surface area contributed by atoms with Crippen molar-refractivity contribution in [2.24, 2.45) is 0 Å². The normalized spacial score (nSPS) is 10.8. The van der Waals surface area contributed by atoms with E-state index in [0.29, 0.717) is 19.4 Å². The molecule has 0 spiro atoms. The molecule has 0 atom stereocenters. The molecule has 1 rings (SSSR count). The maximum Gasteiger partial charge on any atom is 0.410 e. The highest BCUT2D eigenvalue weighted by Crippen LogP contribution is 2.15. The Morgan fingerprint density at radius 2 is 1.78 bits per heavy atom. The molecule has 0 aromatic heterocycles. The second-order valence-corrected chi connectivity index (χ2v) is 6.28. The molecule has 1 N–H and O–H groups in total. The summed E-state index contributed by atoms with van der Waals surface area (Å²) in [6.07, 6.45) is 0.518. The van der Waals surface area contributed by atoms with Gasteiger partial charge in [0, 0.05) is 25.7 Å². The van der Waals surface area contributed by atoms with Crippen molar-refractivity contribution in [2.45, 2.75) is 39.2 Å². The van der Waals surface area contributed by atoms with Crippen LogP contribution in [0.4, 0.5) is 10.5 Å². The summed E-state index contributed by atoms with van der Waals surface area (Å²) in [5, 5.41) is 2.81. The first kappa shape index (κ1) is 18.8. The molecule has 128 valence electrons. The Morgan fingerprint density at radius 3 is 2.30 bits per heavy atom. The molecule has 0 unspecified atom stereocenters. The number of ether oxygens (including phenoxy) is 2. The number of carbonyl (C=O) groups excluding carboxylic acids is 2. The Balaban J connectivity index is 2.31. The van der Waals surface area contributed by atoms with Gasteiger partial charge in [0.15, 0.2) is 0 Å². The van der Waals surface area contributed by atoms with Gasteiger partial charge in [0.2, 0.25) is 5.91 Å². The van der Waals surface area contributed by atoms with E-state index in [9.17, 15) is 9.59 Å². The van der Waals surface area contributed by atoms with E-state index in [-0.39, 0.29) is 12.0 Å². The number of benzene rings is 1. The summed E-state index contributed by atoms with van der Waals surface area (Å²) < 4.78 is 10.3. The second-order valence-electron chi connectivity index (χ2n) is 6.28. The first-order chi connectivity index (χ1) is 10.7. The average Bonchev–Trinajstić information content (AvgIpc) is 2.46. The average molecular weight is 322 g/mol. The molecule has 0 bridgehead atoms. The van der Waals surface area contributed by atoms with Crippen LogP contribution in [-0.4, -0.2) is 43.2 Å². The molecule has 0 saturated heterocycles. The Bertz CT molecular complexity index is 520. The molecule has 6 nitrogen and oxygen atoms in total. The van der Waals surface area contributed by atoms with Gasteiger partial charge in [-0.2, -0.15) is 0 Å². The van der Waals surface area contributed by atoms with E-state index in [2.05, 4.69) is 5.32 Å². The van der Waals surface area contributed by atoms with Crippen LogP contribution in [0.25, 0.3) is 0 Å². The predicted octanol–water partition coefficient (Wildman–Crippen LogP) is 3.28. The predicted molar refractivity (Wildman–Crippen MR) is 89.7 cm³/mol. The molecular weight excluding hydrogens is 296 g/mol. The van der Waals surface area contributed by atoms with Crippen molar-refractivity contribution in [1.82, 2.24) is 4.90 Å². The van der Waals surface area contributed by atoms with Gasteiger partial charge in [-0.25, -0.2) is 4.79 Å². The maximum absolute atomic E-state index is 11.9. The van der Waals surface area contributed by atoms with Crippen LogP contribution >= 0.6 is 0 Å². The van der Waals surface area contributed by atoms with E-state index in [1.165, 1.54) is 4.90 Å². The summed E-state index contributed by atoms with van der Waals surface area (Å²) in [6, 6.07) is 7.13. The highest BCUT2D eigenvalue weighted by molar-refractivity contribution is 5.90. The molecule has 1 aromatic rings. The number of amides is 2. The number of rotatable bonds is 6. The quantitative estimate of drug-likeness (QED) is 0.872. The molecule has 0 radical (unpaired) electrons. The lowest BCUT2D eigenvalue weighted by Gasteiger charge is -2.24. The third kappa shape index (κ3) is 7.54. The van der Waals surface area contributed by atoms with Crippen LogP contribution in [0.2, 0.25) is 0 Å². The minimum atomic E-state index is -0.517. The standard InChI is InChI=1S/C17H26N2O4/c1-17(2,3)23-16(21)19(4)12-6-7-15(20)18-13-8-10-14(22-5)11-9-13/h8-11H,6-7,12H2,1-5H3,(H,18,20). The number of hydrogen-bond acceptors (Lipinski definition) is 4. The minimum absolute atomic E-state index is 0.0900. The van der Waals surface area contributed by atoms with Crippen LogP contribution < -0.4 is 10.1 Å². The van der Waals surface area contributed by atoms with Gasteiger partial charge >= 0.3 is 6.09 Å². The van der Waals surface area contributed by atoms with Crippen LogP contribution in [-0.2, 0) is 9.53 Å². The van der Waals surface area contributed by atoms with Gasteiger partial charge in [-0.1, -0.05) is 0 Å². The van der Waals surface area contributed by atoms with Gasteiger partial charge in [-0.3, -0.25) is 4.79 Å². The molecule has 1 aromatic carbocycles. The first-order valence-electron chi connectivity index (χ1n) is 7.59. The van der Waals surface area contributed by atoms with Crippen molar-refractivity contribution in [3.63, 3.8) is 0 Å². The fourth-order valence-electron chi connectivity index (χ4n) is 1.81. The van der Waals surface area contributed by atoms with Crippen molar-refractivity contribution >= 4 is 17.7 Å². The third-order valence-electron chi connectivity index (χ3n) is 2.98. The van der Waals surface area contributed by atoms with Crippen molar-refractivity contribution in [3.05, 3.63) is 24.3 Å². The summed E-state index contributed by atoms with van der Waals surface area (Å²) >= 11 is 0. The number of hydrogen-bond donors (Lipinski definition) is 1. The number of nitrogens with zero attached hydrogens (tertiary/aromatic N) is 1. The van der Waals surface area contributed by atoms with Crippen molar-refractivity contribution in [2.75, 3.05) is 26.0 Å². The summed E-state index contributed by atoms with van der Waals surface area (Å²) in [6.45, 7) is 5.92. The van der Waals surface area contributed by atoms with Gasteiger partial charge in [0.25, 0.3) is 0 Å². The molecule has 23 heavy (non-hydrogen) atoms. The summed E-state index contributed by atoms with van der Waals surface area (Å²) in [4.78, 5) is 25.1. The second kappa shape index (κ2) is 8.41. The highest BCUT2D eigenvalue weighted by Gasteiger charge is 2.19. The molecule has 0 aliphatic heterocycles. The zero-order valence-electron chi connectivity index (χ0n) is 14.5. The Kier molecular flexibility index (Phi) is 6.88. The van der Waals surface area contributed by atoms with Gasteiger partial charge in [-0.15, -0.1) is 0 Å². The third-order valence-corrected chi connectivity index (χ3v) is 2.98. The first-order valence-corrected chi connectivity index (χ1v) is 7.59. The molecule has 0 heterocycles. The Morgan fingerprint density at radius 1 is 1.17 bits per heavy atom. The lowest BCUT2D eigenvalue weighted by Crippen LogP contribution is -2.35. The molecule has 6 heteroatoms. The largest absolute Gasteiger partial charge is 0.497 e. The van der Waals surface area contributed by atoms with Gasteiger partial charge in [0.1, 0.15) is 11.4 Å². The summed E-state index contributed by atoms with van der Waals surface area (Å²) in [5.41, 5.74) is 0.202. The lowest BCUT2D eigenvalue weighted by atomic mass is 10.2. The van der Waals surface area contributed by atoms with E-state index in [1.807, 2.05) is 20.8 Å². The SMILES string of the molecule is COc1ccc(NC(=O)CCCN(C)C(=O)OC(C)(C)C)cc1. The van der Waals surface area contributed by atoms with E-state index in [0.717, 1.165) is 11.4 Å². The smallest absolute Gasteiger partial charge is 0.410 e. The fraction of sp³-hybridized carbons (Fsp3) is 0.529. The number of carbonyl (C=O) groups is 2. The zero-order valence-corrected chi connectivity index (χ0v) is 14.5. The molecule has 0 aliphatic rings. The minimum Gasteiger partial charge on any atom is -0.497 e. The molecular formula is C17H26N2O4. The van der Waals surface area contributed by atoms with E-state index in [4.69, 9.17) is 9.47 Å². The topological polar surface area (TPSA) is 67.9 Å². The van der Waals surface area contributed by atoms with E-state index in [1.54, 1.807) is 38.4 Å². The Labute approximate surface area is 137 Å². The van der Waals surface area contributed by atoms with Gasteiger partial charge in [-0.05, 0) is 51.5 Å². The van der Waals surface area contributed by atoms with Crippen molar-refractivity contribution in [1.29, 1.82) is 0 Å². The fourth-order valence-corrected chi connectivity index (χ4v) is 1.81. The van der Waals surface area contributed by atoms with Gasteiger partial charge in [0.05, 0.1) is 7.11 Å². The van der Waals surface area contributed by atoms with E-state index < -0.39 is 5.60 Å². The highest BCUT2D eigenvalue weighted by atomic mass is 16.6. The summed E-state index contributed by atoms with van der Waals surface area (Å²) in [5.74, 6) is 0.648. The molecule has 2 amide bonds. The molecule has 0 fully saturated rings. The maximum atomic E-state index is 11.9. The zero-order chi connectivity index (χ0) is 17.5. The number of methoxy groups -OCH3 is 1. The summed E-state index contributed by atoms with van der Waals surface area (Å²) in [7, 11) is 3.25. The van der Waals surface area contributed by atoms with Crippen LogP contribution in [0.5, 0.6) is 5.75 Å². The van der Waals surface area contributed by atoms with Crippen LogP contribution in [0.15, 0.2) is 24.3 Å². The molecule has 0 saturated carbocycles. The lowest BCUT2D eigenvalue weighted by molar-refractivity contribution is -0.116. The van der Waals surface area contributed by atoms with Crippen LogP contribution in [0.3, 0.4) is 0 Å². The van der Waals surface area contributed by atoms with Gasteiger partial charge < -0.3 is 19.7 Å².